The van der Waals surface area contributed by atoms with E-state index in [1.807, 2.05) is 44.2 Å². The smallest absolute Gasteiger partial charge is 0.184 e. The van der Waals surface area contributed by atoms with E-state index in [-0.39, 0.29) is 18.2 Å². The van der Waals surface area contributed by atoms with Crippen molar-refractivity contribution in [3.8, 4) is 0 Å². The van der Waals surface area contributed by atoms with Crippen LogP contribution in [0.2, 0.25) is 0 Å². The van der Waals surface area contributed by atoms with Crippen LogP contribution in [-0.2, 0) is 20.8 Å². The largest absolute Gasteiger partial charge is 0.382 e. The van der Waals surface area contributed by atoms with Crippen molar-refractivity contribution < 1.29 is 14.2 Å². The van der Waals surface area contributed by atoms with Gasteiger partial charge in [-0.3, -0.25) is 0 Å². The van der Waals surface area contributed by atoms with Gasteiger partial charge in [-0.25, -0.2) is 14.6 Å². The highest BCUT2D eigenvalue weighted by Crippen LogP contribution is 2.43. The van der Waals surface area contributed by atoms with E-state index in [1.54, 1.807) is 4.68 Å². The standard InChI is InChI=1S/C20H22N6O3/c1-20(2)28-16-13(10-27-9-12-6-4-3-5-7-12)8-14(17(16)29-20)26-19-15(24-25-26)18(21)22-11-23-19/h3-8,11,14,16-17H,9-10H2,1-2H3,(H2,21,22,23)/t14-,16-,17+/m1/s1. The second-order valence-corrected chi connectivity index (χ2v) is 7.70. The summed E-state index contributed by atoms with van der Waals surface area (Å²) in [6.45, 7) is 4.78. The van der Waals surface area contributed by atoms with Crippen molar-refractivity contribution in [2.45, 2.75) is 44.5 Å². The number of hydrogen-bond donors (Lipinski definition) is 1. The van der Waals surface area contributed by atoms with Gasteiger partial charge in [0.25, 0.3) is 0 Å². The Morgan fingerprint density at radius 1 is 1.14 bits per heavy atom. The number of ether oxygens (including phenoxy) is 3. The van der Waals surface area contributed by atoms with Crippen molar-refractivity contribution >= 4 is 17.0 Å². The molecule has 0 bridgehead atoms. The number of nitrogens with two attached hydrogens (primary N) is 1. The van der Waals surface area contributed by atoms with Crippen LogP contribution in [0.5, 0.6) is 0 Å². The molecule has 0 unspecified atom stereocenters. The number of nitrogens with zero attached hydrogens (tertiary/aromatic N) is 5. The quantitative estimate of drug-likeness (QED) is 0.655. The van der Waals surface area contributed by atoms with E-state index >= 15 is 0 Å². The Kier molecular flexibility index (Phi) is 4.30. The molecule has 1 aliphatic carbocycles. The van der Waals surface area contributed by atoms with Crippen LogP contribution >= 0.6 is 0 Å². The highest BCUT2D eigenvalue weighted by atomic mass is 16.8. The lowest BCUT2D eigenvalue weighted by Gasteiger charge is -2.20. The molecule has 1 fully saturated rings. The summed E-state index contributed by atoms with van der Waals surface area (Å²) in [5, 5.41) is 8.42. The molecule has 0 spiro atoms. The number of benzene rings is 1. The molecular formula is C20H22N6O3. The lowest BCUT2D eigenvalue weighted by Crippen LogP contribution is -2.29. The monoisotopic (exact) mass is 394 g/mol. The minimum Gasteiger partial charge on any atom is -0.382 e. The average molecular weight is 394 g/mol. The summed E-state index contributed by atoms with van der Waals surface area (Å²) < 4.78 is 20.0. The molecule has 2 N–H and O–H groups in total. The first-order valence-electron chi connectivity index (χ1n) is 9.51. The normalized spacial score (nSPS) is 25.3. The fraction of sp³-hybridized carbons (Fsp3) is 0.400. The Hall–Kier alpha value is -2.88. The predicted octanol–water partition coefficient (Wildman–Crippen LogP) is 2.02. The number of hydrogen-bond acceptors (Lipinski definition) is 8. The van der Waals surface area contributed by atoms with Crippen molar-refractivity contribution in [3.05, 3.63) is 53.9 Å². The number of anilines is 1. The van der Waals surface area contributed by atoms with Gasteiger partial charge >= 0.3 is 0 Å². The molecule has 3 aromatic rings. The van der Waals surface area contributed by atoms with Crippen LogP contribution < -0.4 is 5.73 Å². The maximum Gasteiger partial charge on any atom is 0.184 e. The van der Waals surface area contributed by atoms with Crippen molar-refractivity contribution in [3.63, 3.8) is 0 Å². The summed E-state index contributed by atoms with van der Waals surface area (Å²) >= 11 is 0. The Balaban J connectivity index is 1.42. The summed E-state index contributed by atoms with van der Waals surface area (Å²) in [5.74, 6) is -0.396. The molecule has 0 saturated carbocycles. The zero-order valence-electron chi connectivity index (χ0n) is 16.2. The van der Waals surface area contributed by atoms with Crippen molar-refractivity contribution in [1.29, 1.82) is 0 Å². The molecule has 1 aromatic carbocycles. The van der Waals surface area contributed by atoms with Gasteiger partial charge in [-0.1, -0.05) is 41.6 Å². The SMILES string of the molecule is CC1(C)O[C@@H]2[C@H](O1)C(COCc1ccccc1)=C[C@H]2n1nnc2c(N)ncnc21. The van der Waals surface area contributed by atoms with E-state index < -0.39 is 5.79 Å². The summed E-state index contributed by atoms with van der Waals surface area (Å²) in [6.07, 6.45) is 3.01. The molecular weight excluding hydrogens is 372 g/mol. The topological polar surface area (TPSA) is 110 Å². The second-order valence-electron chi connectivity index (χ2n) is 7.70. The lowest BCUT2D eigenvalue weighted by atomic mass is 10.1. The molecule has 9 heteroatoms. The molecule has 3 atom stereocenters. The molecule has 2 aliphatic rings. The highest BCUT2D eigenvalue weighted by Gasteiger charge is 2.51. The number of fused-ring (bicyclic) bond motifs is 2. The van der Waals surface area contributed by atoms with Gasteiger partial charge < -0.3 is 19.9 Å². The van der Waals surface area contributed by atoms with E-state index in [1.165, 1.54) is 6.33 Å². The highest BCUT2D eigenvalue weighted by molar-refractivity contribution is 5.80. The molecule has 0 amide bonds. The molecule has 29 heavy (non-hydrogen) atoms. The van der Waals surface area contributed by atoms with Crippen LogP contribution in [0, 0.1) is 0 Å². The molecule has 9 nitrogen and oxygen atoms in total. The first kappa shape index (κ1) is 18.2. The minimum atomic E-state index is -0.697. The third-order valence-electron chi connectivity index (χ3n) is 5.17. The fourth-order valence-corrected chi connectivity index (χ4v) is 3.92. The first-order valence-corrected chi connectivity index (χ1v) is 9.51. The fourth-order valence-electron chi connectivity index (χ4n) is 3.92. The molecule has 1 aliphatic heterocycles. The zero-order valence-corrected chi connectivity index (χ0v) is 16.2. The molecule has 0 radical (unpaired) electrons. The summed E-state index contributed by atoms with van der Waals surface area (Å²) in [5.41, 5.74) is 9.09. The summed E-state index contributed by atoms with van der Waals surface area (Å²) in [7, 11) is 0. The van der Waals surface area contributed by atoms with Crippen LogP contribution in [0.4, 0.5) is 5.82 Å². The number of nitrogen functional groups attached to an aromatic ring is 1. The van der Waals surface area contributed by atoms with Crippen molar-refractivity contribution in [2.75, 3.05) is 12.3 Å². The molecule has 1 saturated heterocycles. The van der Waals surface area contributed by atoms with Crippen LogP contribution in [0.15, 0.2) is 48.3 Å². The van der Waals surface area contributed by atoms with E-state index in [9.17, 15) is 0 Å². The Morgan fingerprint density at radius 3 is 2.79 bits per heavy atom. The maximum atomic E-state index is 6.19. The number of aromatic nitrogens is 5. The van der Waals surface area contributed by atoms with Gasteiger partial charge in [-0.05, 0) is 25.0 Å². The van der Waals surface area contributed by atoms with Crippen LogP contribution in [0.1, 0.15) is 25.5 Å². The molecule has 5 rings (SSSR count). The Morgan fingerprint density at radius 2 is 1.97 bits per heavy atom. The predicted molar refractivity (Wildman–Crippen MR) is 105 cm³/mol. The summed E-state index contributed by atoms with van der Waals surface area (Å²) in [4.78, 5) is 8.29. The maximum absolute atomic E-state index is 6.19. The van der Waals surface area contributed by atoms with Gasteiger partial charge in [0.15, 0.2) is 22.8 Å². The molecule has 3 heterocycles. The van der Waals surface area contributed by atoms with E-state index in [4.69, 9.17) is 19.9 Å². The van der Waals surface area contributed by atoms with E-state index in [0.717, 1.165) is 11.1 Å². The van der Waals surface area contributed by atoms with Crippen molar-refractivity contribution in [2.24, 2.45) is 0 Å². The van der Waals surface area contributed by atoms with Gasteiger partial charge in [-0.2, -0.15) is 0 Å². The van der Waals surface area contributed by atoms with Gasteiger partial charge in [0.2, 0.25) is 0 Å². The van der Waals surface area contributed by atoms with Crippen LogP contribution in [0.3, 0.4) is 0 Å². The van der Waals surface area contributed by atoms with Crippen LogP contribution in [-0.4, -0.2) is 49.6 Å². The molecule has 150 valence electrons. The average Bonchev–Trinajstić information content (AvgIpc) is 3.35. The van der Waals surface area contributed by atoms with Gasteiger partial charge in [-0.15, -0.1) is 5.10 Å². The molecule has 2 aromatic heterocycles. The lowest BCUT2D eigenvalue weighted by molar-refractivity contribution is -0.148. The Bertz CT molecular complexity index is 1060. The van der Waals surface area contributed by atoms with Gasteiger partial charge in [0.05, 0.1) is 13.2 Å². The van der Waals surface area contributed by atoms with Crippen molar-refractivity contribution in [1.82, 2.24) is 25.0 Å². The van der Waals surface area contributed by atoms with Gasteiger partial charge in [0, 0.05) is 0 Å². The van der Waals surface area contributed by atoms with E-state index in [0.29, 0.717) is 30.2 Å². The first-order chi connectivity index (χ1) is 14.0. The van der Waals surface area contributed by atoms with Crippen LogP contribution in [0.25, 0.3) is 11.2 Å². The second kappa shape index (κ2) is 6.87. The Labute approximate surface area is 167 Å². The summed E-state index contributed by atoms with van der Waals surface area (Å²) in [6, 6.07) is 9.84. The van der Waals surface area contributed by atoms with Gasteiger partial charge in [0.1, 0.15) is 24.6 Å². The minimum absolute atomic E-state index is 0.218. The third-order valence-corrected chi connectivity index (χ3v) is 5.17. The zero-order chi connectivity index (χ0) is 20.0. The third kappa shape index (κ3) is 3.27. The number of rotatable bonds is 5. The van der Waals surface area contributed by atoms with E-state index in [2.05, 4.69) is 26.4 Å².